The van der Waals surface area contributed by atoms with Crippen molar-refractivity contribution >= 4 is 0 Å². The van der Waals surface area contributed by atoms with E-state index in [-0.39, 0.29) is 5.41 Å². The molecular formula is C17H26N3+. The first kappa shape index (κ1) is 14.8. The molecule has 1 aliphatic rings. The Labute approximate surface area is 123 Å². The van der Waals surface area contributed by atoms with Gasteiger partial charge in [-0.2, -0.15) is 0 Å². The molecule has 3 heteroatoms. The molecule has 0 amide bonds. The second-order valence-corrected chi connectivity index (χ2v) is 6.30. The van der Waals surface area contributed by atoms with E-state index in [9.17, 15) is 0 Å². The van der Waals surface area contributed by atoms with Crippen LogP contribution in [0.25, 0.3) is 0 Å². The lowest BCUT2D eigenvalue weighted by Crippen LogP contribution is -2.55. The standard InChI is InChI=1S/C17H26N3/c1-14(18)20(12-15-8-6-5-7-9-15)16-10-11-19(4)13-17(16,2)3/h5-9,16H,1-2,10-13,18H2,3-4H3/q+1. The first-order chi connectivity index (χ1) is 9.40. The van der Waals surface area contributed by atoms with Gasteiger partial charge in [0.2, 0.25) is 0 Å². The van der Waals surface area contributed by atoms with E-state index < -0.39 is 0 Å². The Kier molecular flexibility index (Phi) is 4.29. The van der Waals surface area contributed by atoms with E-state index >= 15 is 0 Å². The van der Waals surface area contributed by atoms with E-state index in [2.05, 4.69) is 61.5 Å². The molecule has 0 aromatic heterocycles. The van der Waals surface area contributed by atoms with Crippen LogP contribution in [0.3, 0.4) is 0 Å². The Balaban J connectivity index is 2.18. The lowest BCUT2D eigenvalue weighted by Gasteiger charge is -2.45. The van der Waals surface area contributed by atoms with Gasteiger partial charge in [-0.3, -0.25) is 0 Å². The van der Waals surface area contributed by atoms with E-state index in [1.165, 1.54) is 5.56 Å². The lowest BCUT2D eigenvalue weighted by molar-refractivity contribution is 0.0459. The first-order valence-electron chi connectivity index (χ1n) is 7.19. The zero-order valence-corrected chi connectivity index (χ0v) is 12.7. The third-order valence-electron chi connectivity index (χ3n) is 4.16. The molecule has 1 saturated heterocycles. The molecule has 2 N–H and O–H groups in total. The molecule has 2 rings (SSSR count). The fourth-order valence-corrected chi connectivity index (χ4v) is 3.22. The normalized spacial score (nSPS) is 27.2. The first-order valence-corrected chi connectivity index (χ1v) is 7.19. The molecule has 1 aromatic carbocycles. The Hall–Kier alpha value is -1.61. The summed E-state index contributed by atoms with van der Waals surface area (Å²) in [6.45, 7) is 13.5. The maximum absolute atomic E-state index is 6.06. The van der Waals surface area contributed by atoms with Gasteiger partial charge in [0.15, 0.2) is 0 Å². The third-order valence-corrected chi connectivity index (χ3v) is 4.16. The van der Waals surface area contributed by atoms with Gasteiger partial charge >= 0.3 is 0 Å². The van der Waals surface area contributed by atoms with Crippen molar-refractivity contribution in [2.24, 2.45) is 11.1 Å². The summed E-state index contributed by atoms with van der Waals surface area (Å²) >= 11 is 0. The minimum Gasteiger partial charge on any atom is -0.386 e. The summed E-state index contributed by atoms with van der Waals surface area (Å²) in [5, 5.41) is 0. The van der Waals surface area contributed by atoms with Gasteiger partial charge in [0.1, 0.15) is 5.41 Å². The summed E-state index contributed by atoms with van der Waals surface area (Å²) in [5.74, 6) is 0.637. The molecule has 0 spiro atoms. The summed E-state index contributed by atoms with van der Waals surface area (Å²) in [6.07, 6.45) is 1.07. The predicted molar refractivity (Wildman–Crippen MR) is 84.7 cm³/mol. The van der Waals surface area contributed by atoms with Crippen LogP contribution in [0, 0.1) is 12.3 Å². The van der Waals surface area contributed by atoms with Crippen molar-refractivity contribution in [3.63, 3.8) is 0 Å². The van der Waals surface area contributed by atoms with E-state index in [0.29, 0.717) is 11.9 Å². The molecule has 108 valence electrons. The molecule has 0 saturated carbocycles. The quantitative estimate of drug-likeness (QED) is 0.855. The fourth-order valence-electron chi connectivity index (χ4n) is 3.22. The summed E-state index contributed by atoms with van der Waals surface area (Å²) in [6, 6.07) is 10.7. The van der Waals surface area contributed by atoms with Crippen molar-refractivity contribution in [3.8, 4) is 0 Å². The van der Waals surface area contributed by atoms with Crippen molar-refractivity contribution in [2.75, 3.05) is 20.1 Å². The Morgan fingerprint density at radius 3 is 2.70 bits per heavy atom. The van der Waals surface area contributed by atoms with E-state index in [1.54, 1.807) is 0 Å². The van der Waals surface area contributed by atoms with Crippen molar-refractivity contribution in [1.29, 1.82) is 0 Å². The summed E-state index contributed by atoms with van der Waals surface area (Å²) in [7, 11) is 2.15. The van der Waals surface area contributed by atoms with Crippen LogP contribution in [-0.2, 0) is 6.54 Å². The number of nitrogens with two attached hydrogens (primary N) is 1. The summed E-state index contributed by atoms with van der Waals surface area (Å²) < 4.78 is 0. The smallest absolute Gasteiger partial charge is 0.135 e. The van der Waals surface area contributed by atoms with Gasteiger partial charge in [-0.1, -0.05) is 36.9 Å². The van der Waals surface area contributed by atoms with Gasteiger partial charge in [0.05, 0.1) is 18.8 Å². The minimum absolute atomic E-state index is 0.0376. The predicted octanol–water partition coefficient (Wildman–Crippen LogP) is 2.46. The van der Waals surface area contributed by atoms with Crippen LogP contribution in [0.1, 0.15) is 18.9 Å². The number of hydrogen-bond acceptors (Lipinski definition) is 3. The highest BCUT2D eigenvalue weighted by Crippen LogP contribution is 2.34. The van der Waals surface area contributed by atoms with Crippen LogP contribution in [0.15, 0.2) is 42.7 Å². The summed E-state index contributed by atoms with van der Waals surface area (Å²) in [4.78, 5) is 4.55. The molecule has 0 bridgehead atoms. The van der Waals surface area contributed by atoms with Crippen LogP contribution in [0.2, 0.25) is 0 Å². The molecule has 3 nitrogen and oxygen atoms in total. The van der Waals surface area contributed by atoms with Crippen LogP contribution in [0.5, 0.6) is 0 Å². The maximum Gasteiger partial charge on any atom is 0.135 e. The number of piperidine rings is 1. The highest BCUT2D eigenvalue weighted by atomic mass is 15.3. The lowest BCUT2D eigenvalue weighted by atomic mass is 9.78. The zero-order chi connectivity index (χ0) is 14.8. The Morgan fingerprint density at radius 2 is 2.15 bits per heavy atom. The van der Waals surface area contributed by atoms with Crippen LogP contribution >= 0.6 is 0 Å². The molecule has 1 aromatic rings. The SMILES string of the molecule is C=C(N)N(Cc1ccccc1)C1CCN(C)CC1([CH2+])C. The van der Waals surface area contributed by atoms with Gasteiger partial charge in [0, 0.05) is 19.6 Å². The van der Waals surface area contributed by atoms with E-state index in [0.717, 1.165) is 26.1 Å². The van der Waals surface area contributed by atoms with Gasteiger partial charge in [-0.05, 0) is 26.0 Å². The number of likely N-dealkylation sites (tertiary alicyclic amines) is 1. The van der Waals surface area contributed by atoms with Gasteiger partial charge in [0.25, 0.3) is 0 Å². The zero-order valence-electron chi connectivity index (χ0n) is 12.7. The number of benzene rings is 1. The molecule has 2 atom stereocenters. The molecular weight excluding hydrogens is 246 g/mol. The third kappa shape index (κ3) is 3.28. The molecule has 1 aliphatic heterocycles. The molecule has 0 radical (unpaired) electrons. The maximum atomic E-state index is 6.06. The largest absolute Gasteiger partial charge is 0.386 e. The highest BCUT2D eigenvalue weighted by molar-refractivity contribution is 5.16. The molecule has 1 heterocycles. The van der Waals surface area contributed by atoms with Crippen LogP contribution in [-0.4, -0.2) is 36.0 Å². The topological polar surface area (TPSA) is 32.5 Å². The molecule has 2 unspecified atom stereocenters. The number of rotatable bonds is 4. The average molecular weight is 272 g/mol. The van der Waals surface area contributed by atoms with E-state index in [4.69, 9.17) is 5.73 Å². The van der Waals surface area contributed by atoms with Crippen molar-refractivity contribution in [1.82, 2.24) is 9.80 Å². The van der Waals surface area contributed by atoms with Gasteiger partial charge in [-0.25, -0.2) is 0 Å². The molecule has 1 fully saturated rings. The van der Waals surface area contributed by atoms with Crippen molar-refractivity contribution in [3.05, 3.63) is 55.2 Å². The summed E-state index contributed by atoms with van der Waals surface area (Å²) in [5.41, 5.74) is 7.28. The fraction of sp³-hybridized carbons (Fsp3) is 0.471. The monoisotopic (exact) mass is 272 g/mol. The average Bonchev–Trinajstić information content (AvgIpc) is 2.36. The second kappa shape index (κ2) is 5.80. The molecule has 20 heavy (non-hydrogen) atoms. The Morgan fingerprint density at radius 1 is 1.50 bits per heavy atom. The number of nitrogens with zero attached hydrogens (tertiary/aromatic N) is 2. The Bertz CT molecular complexity index is 453. The van der Waals surface area contributed by atoms with E-state index in [1.807, 2.05) is 6.07 Å². The van der Waals surface area contributed by atoms with Gasteiger partial charge in [-0.15, -0.1) is 0 Å². The number of hydrogen-bond donors (Lipinski definition) is 1. The second-order valence-electron chi connectivity index (χ2n) is 6.30. The van der Waals surface area contributed by atoms with Gasteiger partial charge < -0.3 is 15.5 Å². The highest BCUT2D eigenvalue weighted by Gasteiger charge is 2.44. The van der Waals surface area contributed by atoms with Crippen molar-refractivity contribution in [2.45, 2.75) is 25.9 Å². The van der Waals surface area contributed by atoms with Crippen LogP contribution < -0.4 is 5.73 Å². The molecule has 0 aliphatic carbocycles. The minimum atomic E-state index is -0.0376. The van der Waals surface area contributed by atoms with Crippen molar-refractivity contribution < 1.29 is 0 Å². The van der Waals surface area contributed by atoms with Crippen LogP contribution in [0.4, 0.5) is 0 Å².